The number of fused-ring (bicyclic) bond motifs is 1. The van der Waals surface area contributed by atoms with E-state index in [1.54, 1.807) is 10.8 Å². The SMILES string of the molecule is CN(C)CCn1c(=O)c(Cc2ccccc2)nc2cccnc21. The second-order valence-corrected chi connectivity index (χ2v) is 5.83. The molecule has 0 saturated carbocycles. The summed E-state index contributed by atoms with van der Waals surface area (Å²) in [5.41, 5.74) is 3.00. The largest absolute Gasteiger partial charge is 0.308 e. The molecule has 0 aliphatic carbocycles. The normalized spacial score (nSPS) is 11.3. The van der Waals surface area contributed by atoms with Gasteiger partial charge in [-0.3, -0.25) is 9.36 Å². The quantitative estimate of drug-likeness (QED) is 0.723. The van der Waals surface area contributed by atoms with Crippen LogP contribution in [0.1, 0.15) is 11.3 Å². The maximum absolute atomic E-state index is 12.8. The molecule has 0 aliphatic rings. The molecule has 2 heterocycles. The molecule has 5 heteroatoms. The molecule has 2 aromatic heterocycles. The molecule has 0 amide bonds. The highest BCUT2D eigenvalue weighted by Gasteiger charge is 2.12. The predicted molar refractivity (Wildman–Crippen MR) is 91.6 cm³/mol. The van der Waals surface area contributed by atoms with Crippen LogP contribution in [-0.2, 0) is 13.0 Å². The lowest BCUT2D eigenvalue weighted by Gasteiger charge is -2.14. The molecule has 23 heavy (non-hydrogen) atoms. The Bertz CT molecular complexity index is 856. The maximum Gasteiger partial charge on any atom is 0.274 e. The van der Waals surface area contributed by atoms with Crippen molar-refractivity contribution in [1.82, 2.24) is 19.4 Å². The molecule has 1 aromatic carbocycles. The molecule has 0 spiro atoms. The highest BCUT2D eigenvalue weighted by atomic mass is 16.1. The summed E-state index contributed by atoms with van der Waals surface area (Å²) in [6, 6.07) is 13.7. The molecule has 0 atom stereocenters. The van der Waals surface area contributed by atoms with E-state index in [4.69, 9.17) is 0 Å². The van der Waals surface area contributed by atoms with E-state index in [1.807, 2.05) is 56.6 Å². The summed E-state index contributed by atoms with van der Waals surface area (Å²) >= 11 is 0. The van der Waals surface area contributed by atoms with Gasteiger partial charge in [0.2, 0.25) is 0 Å². The van der Waals surface area contributed by atoms with Crippen LogP contribution < -0.4 is 5.56 Å². The molecule has 0 unspecified atom stereocenters. The number of benzene rings is 1. The highest BCUT2D eigenvalue weighted by Crippen LogP contribution is 2.10. The topological polar surface area (TPSA) is 51.0 Å². The van der Waals surface area contributed by atoms with Crippen LogP contribution in [0.3, 0.4) is 0 Å². The fourth-order valence-electron chi connectivity index (χ4n) is 2.54. The fourth-order valence-corrected chi connectivity index (χ4v) is 2.54. The van der Waals surface area contributed by atoms with Crippen LogP contribution in [0.15, 0.2) is 53.5 Å². The van der Waals surface area contributed by atoms with Crippen LogP contribution >= 0.6 is 0 Å². The minimum atomic E-state index is -0.0538. The molecule has 0 fully saturated rings. The lowest BCUT2D eigenvalue weighted by molar-refractivity contribution is 0.383. The first-order chi connectivity index (χ1) is 11.1. The highest BCUT2D eigenvalue weighted by molar-refractivity contribution is 5.69. The van der Waals surface area contributed by atoms with Crippen LogP contribution in [0, 0.1) is 0 Å². The van der Waals surface area contributed by atoms with Crippen LogP contribution in [0.25, 0.3) is 11.2 Å². The lowest BCUT2D eigenvalue weighted by Crippen LogP contribution is -2.30. The molecule has 3 aromatic rings. The molecule has 0 aliphatic heterocycles. The van der Waals surface area contributed by atoms with Gasteiger partial charge in [0.05, 0.1) is 0 Å². The van der Waals surface area contributed by atoms with Crippen molar-refractivity contribution in [3.63, 3.8) is 0 Å². The maximum atomic E-state index is 12.8. The summed E-state index contributed by atoms with van der Waals surface area (Å²) in [6.07, 6.45) is 2.24. The van der Waals surface area contributed by atoms with Crippen molar-refractivity contribution in [3.8, 4) is 0 Å². The van der Waals surface area contributed by atoms with E-state index >= 15 is 0 Å². The van der Waals surface area contributed by atoms with Crippen molar-refractivity contribution in [2.45, 2.75) is 13.0 Å². The first kappa shape index (κ1) is 15.4. The van der Waals surface area contributed by atoms with Crippen molar-refractivity contribution < 1.29 is 0 Å². The second kappa shape index (κ2) is 6.71. The van der Waals surface area contributed by atoms with Gasteiger partial charge in [-0.2, -0.15) is 0 Å². The average Bonchev–Trinajstić information content (AvgIpc) is 2.56. The summed E-state index contributed by atoms with van der Waals surface area (Å²) in [7, 11) is 3.99. The average molecular weight is 308 g/mol. The minimum absolute atomic E-state index is 0.0538. The molecule has 118 valence electrons. The van der Waals surface area contributed by atoms with Gasteiger partial charge in [-0.1, -0.05) is 30.3 Å². The molecule has 5 nitrogen and oxygen atoms in total. The summed E-state index contributed by atoms with van der Waals surface area (Å²) in [4.78, 5) is 23.8. The van der Waals surface area contributed by atoms with Gasteiger partial charge in [0.1, 0.15) is 11.2 Å². The third kappa shape index (κ3) is 3.46. The molecule has 3 rings (SSSR count). The molecule has 0 radical (unpaired) electrons. The van der Waals surface area contributed by atoms with E-state index in [-0.39, 0.29) is 5.56 Å². The van der Waals surface area contributed by atoms with Gasteiger partial charge >= 0.3 is 0 Å². The number of nitrogens with zero attached hydrogens (tertiary/aromatic N) is 4. The van der Waals surface area contributed by atoms with Gasteiger partial charge in [-0.15, -0.1) is 0 Å². The molecular weight excluding hydrogens is 288 g/mol. The van der Waals surface area contributed by atoms with Crippen LogP contribution in [0.2, 0.25) is 0 Å². The van der Waals surface area contributed by atoms with E-state index in [2.05, 4.69) is 14.9 Å². The Labute approximate surface area is 135 Å². The molecular formula is C18H20N4O. The Morgan fingerprint density at radius 1 is 1.09 bits per heavy atom. The van der Waals surface area contributed by atoms with Gasteiger partial charge < -0.3 is 4.90 Å². The molecule has 0 N–H and O–H groups in total. The summed E-state index contributed by atoms with van der Waals surface area (Å²) in [6.45, 7) is 1.38. The second-order valence-electron chi connectivity index (χ2n) is 5.83. The predicted octanol–water partition coefficient (Wildman–Crippen LogP) is 1.94. The van der Waals surface area contributed by atoms with Crippen molar-refractivity contribution in [2.75, 3.05) is 20.6 Å². The number of hydrogen-bond donors (Lipinski definition) is 0. The first-order valence-corrected chi connectivity index (χ1v) is 7.68. The monoisotopic (exact) mass is 308 g/mol. The minimum Gasteiger partial charge on any atom is -0.308 e. The van der Waals surface area contributed by atoms with Gasteiger partial charge in [0.15, 0.2) is 5.65 Å². The first-order valence-electron chi connectivity index (χ1n) is 7.68. The van der Waals surface area contributed by atoms with E-state index in [9.17, 15) is 4.79 Å². The summed E-state index contributed by atoms with van der Waals surface area (Å²) in [5, 5.41) is 0. The third-order valence-corrected chi connectivity index (χ3v) is 3.75. The van der Waals surface area contributed by atoms with Gasteiger partial charge in [-0.25, -0.2) is 9.97 Å². The Kier molecular flexibility index (Phi) is 4.48. The Hall–Kier alpha value is -2.53. The number of hydrogen-bond acceptors (Lipinski definition) is 4. The standard InChI is InChI=1S/C18H20N4O/c1-21(2)11-12-22-17-15(9-6-10-19-17)20-16(18(22)23)13-14-7-4-3-5-8-14/h3-10H,11-13H2,1-2H3. The molecule has 0 saturated heterocycles. The van der Waals surface area contributed by atoms with Gasteiger partial charge in [-0.05, 0) is 31.8 Å². The zero-order valence-corrected chi connectivity index (χ0v) is 13.4. The number of aromatic nitrogens is 3. The van der Waals surface area contributed by atoms with E-state index in [1.165, 1.54) is 0 Å². The Morgan fingerprint density at radius 2 is 1.87 bits per heavy atom. The van der Waals surface area contributed by atoms with Crippen molar-refractivity contribution in [2.24, 2.45) is 0 Å². The number of likely N-dealkylation sites (N-methyl/N-ethyl adjacent to an activating group) is 1. The Balaban J connectivity index is 2.08. The lowest BCUT2D eigenvalue weighted by atomic mass is 10.1. The Morgan fingerprint density at radius 3 is 2.61 bits per heavy atom. The van der Waals surface area contributed by atoms with Gasteiger partial charge in [0.25, 0.3) is 5.56 Å². The van der Waals surface area contributed by atoms with E-state index < -0.39 is 0 Å². The van der Waals surface area contributed by atoms with Crippen molar-refractivity contribution >= 4 is 11.2 Å². The van der Waals surface area contributed by atoms with Gasteiger partial charge in [0, 0.05) is 25.7 Å². The smallest absolute Gasteiger partial charge is 0.274 e. The third-order valence-electron chi connectivity index (χ3n) is 3.75. The zero-order chi connectivity index (χ0) is 16.2. The summed E-state index contributed by atoms with van der Waals surface area (Å²) in [5.74, 6) is 0. The van der Waals surface area contributed by atoms with Crippen molar-refractivity contribution in [3.05, 3.63) is 70.3 Å². The van der Waals surface area contributed by atoms with Crippen molar-refractivity contribution in [1.29, 1.82) is 0 Å². The molecule has 0 bridgehead atoms. The number of rotatable bonds is 5. The zero-order valence-electron chi connectivity index (χ0n) is 13.4. The van der Waals surface area contributed by atoms with Crippen LogP contribution in [0.4, 0.5) is 0 Å². The summed E-state index contributed by atoms with van der Waals surface area (Å²) < 4.78 is 1.74. The van der Waals surface area contributed by atoms with E-state index in [0.29, 0.717) is 24.3 Å². The van der Waals surface area contributed by atoms with E-state index in [0.717, 1.165) is 17.6 Å². The van der Waals surface area contributed by atoms with Crippen LogP contribution in [-0.4, -0.2) is 40.1 Å². The fraction of sp³-hybridized carbons (Fsp3) is 0.278. The van der Waals surface area contributed by atoms with Crippen LogP contribution in [0.5, 0.6) is 0 Å². The number of pyridine rings is 1.